The van der Waals surface area contributed by atoms with Crippen molar-refractivity contribution in [2.75, 3.05) is 25.0 Å². The minimum atomic E-state index is 0.733. The van der Waals surface area contributed by atoms with Crippen molar-refractivity contribution in [1.82, 2.24) is 15.6 Å². The molecule has 1 aliphatic rings. The van der Waals surface area contributed by atoms with Crippen molar-refractivity contribution < 1.29 is 0 Å². The van der Waals surface area contributed by atoms with Crippen LogP contribution in [0, 0.1) is 6.92 Å². The first kappa shape index (κ1) is 19.2. The Morgan fingerprint density at radius 1 is 1.00 bits per heavy atom. The molecule has 0 amide bonds. The van der Waals surface area contributed by atoms with Gasteiger partial charge in [-0.05, 0) is 43.0 Å². The SMILES string of the molecule is CN=C(NCc1cccc(C)c1)NCc1ccnc(N2CCCCCC2)c1. The molecule has 2 aromatic rings. The van der Waals surface area contributed by atoms with Crippen LogP contribution in [0.25, 0.3) is 0 Å². The summed E-state index contributed by atoms with van der Waals surface area (Å²) in [5.74, 6) is 1.91. The number of anilines is 1. The standard InChI is InChI=1S/C22H31N5/c1-18-8-7-9-19(14-18)16-25-22(23-2)26-17-20-10-11-24-21(15-20)27-12-5-3-4-6-13-27/h7-11,14-15H,3-6,12-13,16-17H2,1-2H3,(H2,23,25,26). The molecular weight excluding hydrogens is 334 g/mol. The van der Waals surface area contributed by atoms with Crippen LogP contribution in [0.4, 0.5) is 5.82 Å². The Kier molecular flexibility index (Phi) is 7.08. The third-order valence-electron chi connectivity index (χ3n) is 4.97. The van der Waals surface area contributed by atoms with E-state index in [2.05, 4.69) is 68.8 Å². The quantitative estimate of drug-likeness (QED) is 0.627. The van der Waals surface area contributed by atoms with E-state index in [-0.39, 0.29) is 0 Å². The zero-order valence-electron chi connectivity index (χ0n) is 16.5. The molecule has 0 bridgehead atoms. The van der Waals surface area contributed by atoms with Gasteiger partial charge in [0.25, 0.3) is 0 Å². The summed E-state index contributed by atoms with van der Waals surface area (Å²) in [5.41, 5.74) is 3.75. The van der Waals surface area contributed by atoms with Crippen molar-refractivity contribution in [3.05, 3.63) is 59.3 Å². The van der Waals surface area contributed by atoms with Gasteiger partial charge in [0.2, 0.25) is 0 Å². The number of hydrogen-bond donors (Lipinski definition) is 2. The molecule has 1 fully saturated rings. The van der Waals surface area contributed by atoms with Crippen molar-refractivity contribution in [2.45, 2.75) is 45.7 Å². The average molecular weight is 366 g/mol. The molecule has 2 heterocycles. The van der Waals surface area contributed by atoms with Crippen molar-refractivity contribution >= 4 is 11.8 Å². The summed E-state index contributed by atoms with van der Waals surface area (Å²) in [4.78, 5) is 11.3. The minimum Gasteiger partial charge on any atom is -0.357 e. The van der Waals surface area contributed by atoms with E-state index in [9.17, 15) is 0 Å². The molecule has 0 saturated carbocycles. The van der Waals surface area contributed by atoms with Crippen molar-refractivity contribution in [2.24, 2.45) is 4.99 Å². The Balaban J connectivity index is 1.54. The van der Waals surface area contributed by atoms with Gasteiger partial charge in [0.1, 0.15) is 5.82 Å². The van der Waals surface area contributed by atoms with Gasteiger partial charge in [-0.15, -0.1) is 0 Å². The molecule has 1 aromatic carbocycles. The van der Waals surface area contributed by atoms with Crippen molar-refractivity contribution in [3.63, 3.8) is 0 Å². The van der Waals surface area contributed by atoms with Crippen molar-refractivity contribution in [1.29, 1.82) is 0 Å². The summed E-state index contributed by atoms with van der Waals surface area (Å²) in [6.07, 6.45) is 7.11. The number of guanidine groups is 1. The zero-order chi connectivity index (χ0) is 18.9. The smallest absolute Gasteiger partial charge is 0.191 e. The molecule has 0 aliphatic carbocycles. The summed E-state index contributed by atoms with van der Waals surface area (Å²) in [5, 5.41) is 6.79. The van der Waals surface area contributed by atoms with Crippen LogP contribution in [0.15, 0.2) is 47.6 Å². The van der Waals surface area contributed by atoms with Gasteiger partial charge in [-0.2, -0.15) is 0 Å². The zero-order valence-corrected chi connectivity index (χ0v) is 16.5. The Morgan fingerprint density at radius 2 is 1.70 bits per heavy atom. The van der Waals surface area contributed by atoms with Crippen LogP contribution in [0.2, 0.25) is 0 Å². The van der Waals surface area contributed by atoms with E-state index in [0.29, 0.717) is 0 Å². The Morgan fingerprint density at radius 3 is 2.37 bits per heavy atom. The van der Waals surface area contributed by atoms with E-state index in [1.165, 1.54) is 42.4 Å². The molecule has 2 N–H and O–H groups in total. The van der Waals surface area contributed by atoms with Gasteiger partial charge in [-0.25, -0.2) is 4.98 Å². The van der Waals surface area contributed by atoms with E-state index in [1.807, 2.05) is 6.20 Å². The highest BCUT2D eigenvalue weighted by Gasteiger charge is 2.11. The minimum absolute atomic E-state index is 0.733. The monoisotopic (exact) mass is 365 g/mol. The van der Waals surface area contributed by atoms with Crippen LogP contribution in [0.5, 0.6) is 0 Å². The fourth-order valence-electron chi connectivity index (χ4n) is 3.46. The predicted molar refractivity (Wildman–Crippen MR) is 113 cm³/mol. The molecule has 27 heavy (non-hydrogen) atoms. The van der Waals surface area contributed by atoms with Gasteiger partial charge in [0, 0.05) is 39.4 Å². The molecule has 0 spiro atoms. The lowest BCUT2D eigenvalue weighted by atomic mass is 10.1. The van der Waals surface area contributed by atoms with Crippen LogP contribution in [0.3, 0.4) is 0 Å². The topological polar surface area (TPSA) is 52.6 Å². The number of nitrogens with zero attached hydrogens (tertiary/aromatic N) is 3. The summed E-state index contributed by atoms with van der Waals surface area (Å²) in [6, 6.07) is 12.8. The van der Waals surface area contributed by atoms with Crippen LogP contribution < -0.4 is 15.5 Å². The average Bonchev–Trinajstić information content (AvgIpc) is 2.98. The molecule has 0 unspecified atom stereocenters. The van der Waals surface area contributed by atoms with E-state index in [4.69, 9.17) is 0 Å². The number of aryl methyl sites for hydroxylation is 1. The Hall–Kier alpha value is -2.56. The van der Waals surface area contributed by atoms with Gasteiger partial charge in [-0.3, -0.25) is 4.99 Å². The van der Waals surface area contributed by atoms with Gasteiger partial charge in [0.05, 0.1) is 0 Å². The summed E-state index contributed by atoms with van der Waals surface area (Å²) >= 11 is 0. The second-order valence-electron chi connectivity index (χ2n) is 7.19. The van der Waals surface area contributed by atoms with Crippen LogP contribution in [-0.2, 0) is 13.1 Å². The van der Waals surface area contributed by atoms with Crippen LogP contribution in [0.1, 0.15) is 42.4 Å². The number of pyridine rings is 1. The Bertz CT molecular complexity index is 748. The van der Waals surface area contributed by atoms with E-state index in [0.717, 1.165) is 38.0 Å². The molecule has 0 atom stereocenters. The van der Waals surface area contributed by atoms with Crippen LogP contribution >= 0.6 is 0 Å². The first-order chi connectivity index (χ1) is 13.2. The number of nitrogens with one attached hydrogen (secondary N) is 2. The highest BCUT2D eigenvalue weighted by molar-refractivity contribution is 5.79. The largest absolute Gasteiger partial charge is 0.357 e. The number of aromatic nitrogens is 1. The molecule has 5 nitrogen and oxygen atoms in total. The highest BCUT2D eigenvalue weighted by atomic mass is 15.2. The second-order valence-corrected chi connectivity index (χ2v) is 7.19. The van der Waals surface area contributed by atoms with Gasteiger partial charge in [-0.1, -0.05) is 42.7 Å². The highest BCUT2D eigenvalue weighted by Crippen LogP contribution is 2.18. The molecule has 1 aliphatic heterocycles. The predicted octanol–water partition coefficient (Wildman–Crippen LogP) is 3.64. The van der Waals surface area contributed by atoms with Crippen LogP contribution in [-0.4, -0.2) is 31.1 Å². The third kappa shape index (κ3) is 5.98. The molecule has 1 saturated heterocycles. The maximum Gasteiger partial charge on any atom is 0.191 e. The molecule has 144 valence electrons. The maximum absolute atomic E-state index is 4.59. The lowest BCUT2D eigenvalue weighted by Crippen LogP contribution is -2.36. The van der Waals surface area contributed by atoms with Crippen molar-refractivity contribution in [3.8, 4) is 0 Å². The van der Waals surface area contributed by atoms with Gasteiger partial charge < -0.3 is 15.5 Å². The third-order valence-corrected chi connectivity index (χ3v) is 4.97. The number of benzene rings is 1. The van der Waals surface area contributed by atoms with E-state index >= 15 is 0 Å². The van der Waals surface area contributed by atoms with Gasteiger partial charge in [0.15, 0.2) is 5.96 Å². The number of rotatable bonds is 5. The Labute approximate surface area is 162 Å². The molecule has 0 radical (unpaired) electrons. The fourth-order valence-corrected chi connectivity index (χ4v) is 3.46. The molecule has 3 rings (SSSR count). The lowest BCUT2D eigenvalue weighted by molar-refractivity contribution is 0.726. The summed E-state index contributed by atoms with van der Waals surface area (Å²) in [7, 11) is 1.81. The first-order valence-corrected chi connectivity index (χ1v) is 9.94. The number of hydrogen-bond acceptors (Lipinski definition) is 3. The molecule has 1 aromatic heterocycles. The van der Waals surface area contributed by atoms with E-state index < -0.39 is 0 Å². The first-order valence-electron chi connectivity index (χ1n) is 9.94. The molecular formula is C22H31N5. The van der Waals surface area contributed by atoms with Gasteiger partial charge >= 0.3 is 0 Å². The number of aliphatic imine (C=N–C) groups is 1. The summed E-state index contributed by atoms with van der Waals surface area (Å²) < 4.78 is 0. The maximum atomic E-state index is 4.59. The fraction of sp³-hybridized carbons (Fsp3) is 0.455. The summed E-state index contributed by atoms with van der Waals surface area (Å²) in [6.45, 7) is 5.84. The normalized spacial score (nSPS) is 15.3. The molecule has 5 heteroatoms. The van der Waals surface area contributed by atoms with E-state index in [1.54, 1.807) is 7.05 Å². The lowest BCUT2D eigenvalue weighted by Gasteiger charge is -2.22. The second kappa shape index (κ2) is 9.95.